The van der Waals surface area contributed by atoms with Gasteiger partial charge in [-0.1, -0.05) is 0 Å². The summed E-state index contributed by atoms with van der Waals surface area (Å²) in [5.74, 6) is 0. The minimum absolute atomic E-state index is 0.0947. The molecule has 0 aromatic carbocycles. The molecule has 10 heteroatoms. The molecule has 10 nitrogen and oxygen atoms in total. The van der Waals surface area contributed by atoms with Crippen LogP contribution in [0.2, 0.25) is 0 Å². The zero-order chi connectivity index (χ0) is 19.4. The van der Waals surface area contributed by atoms with Crippen molar-refractivity contribution in [2.24, 2.45) is 0 Å². The third kappa shape index (κ3) is 4.36. The number of methoxy groups -OCH3 is 4. The topological polar surface area (TPSA) is 125 Å². The maximum atomic E-state index is 10.5. The molecule has 10 atom stereocenters. The van der Waals surface area contributed by atoms with Crippen molar-refractivity contribution in [2.45, 2.75) is 68.3 Å². The van der Waals surface area contributed by atoms with Crippen molar-refractivity contribution >= 4 is 0 Å². The fourth-order valence-electron chi connectivity index (χ4n) is 3.45. The van der Waals surface area contributed by atoms with Crippen LogP contribution in [0, 0.1) is 0 Å². The minimum Gasteiger partial charge on any atom is -0.387 e. The van der Waals surface area contributed by atoms with Gasteiger partial charge in [0.05, 0.1) is 12.7 Å². The lowest BCUT2D eigenvalue weighted by Crippen LogP contribution is -2.64. The summed E-state index contributed by atoms with van der Waals surface area (Å²) in [6, 6.07) is 0. The predicted molar refractivity (Wildman–Crippen MR) is 86.4 cm³/mol. The quantitative estimate of drug-likeness (QED) is 0.467. The van der Waals surface area contributed by atoms with E-state index in [2.05, 4.69) is 0 Å². The third-order valence-electron chi connectivity index (χ3n) is 4.83. The van der Waals surface area contributed by atoms with Gasteiger partial charge in [-0.2, -0.15) is 0 Å². The number of rotatable bonds is 7. The summed E-state index contributed by atoms with van der Waals surface area (Å²) in [7, 11) is 5.74. The van der Waals surface area contributed by atoms with Gasteiger partial charge in [-0.3, -0.25) is 0 Å². The zero-order valence-corrected chi connectivity index (χ0v) is 15.7. The van der Waals surface area contributed by atoms with Gasteiger partial charge in [0.25, 0.3) is 0 Å². The van der Waals surface area contributed by atoms with Gasteiger partial charge in [0.2, 0.25) is 0 Å². The lowest BCUT2D eigenvalue weighted by atomic mass is 9.97. The Morgan fingerprint density at radius 1 is 0.769 bits per heavy atom. The first-order valence-electron chi connectivity index (χ1n) is 8.47. The summed E-state index contributed by atoms with van der Waals surface area (Å²) in [6.45, 7) is 1.80. The average Bonchev–Trinajstić information content (AvgIpc) is 2.61. The lowest BCUT2D eigenvalue weighted by molar-refractivity contribution is -0.356. The number of hydrogen-bond donors (Lipinski definition) is 3. The molecule has 2 rings (SSSR count). The first-order valence-corrected chi connectivity index (χ1v) is 8.47. The molecular formula is C16H30O10. The van der Waals surface area contributed by atoms with Crippen molar-refractivity contribution < 1.29 is 48.5 Å². The Hall–Kier alpha value is -0.400. The van der Waals surface area contributed by atoms with E-state index in [0.717, 1.165) is 0 Å². The SMILES string of the molecule is COC[C@H]1O[C@@H](O[C@H]2[C@H](OC)[C@H](OC)[C@@H](O)O[C@@H]2C)[C@H](O)[C@@H](OC)[C@@H]1O. The monoisotopic (exact) mass is 382 g/mol. The van der Waals surface area contributed by atoms with Crippen molar-refractivity contribution in [1.29, 1.82) is 0 Å². The Bertz CT molecular complexity index is 424. The fraction of sp³-hybridized carbons (Fsp3) is 1.00. The van der Waals surface area contributed by atoms with Crippen molar-refractivity contribution in [3.8, 4) is 0 Å². The largest absolute Gasteiger partial charge is 0.387 e. The number of aliphatic hydroxyl groups is 3. The molecule has 2 aliphatic rings. The average molecular weight is 382 g/mol. The molecular weight excluding hydrogens is 352 g/mol. The number of hydrogen-bond acceptors (Lipinski definition) is 10. The van der Waals surface area contributed by atoms with E-state index in [1.54, 1.807) is 6.92 Å². The molecule has 0 saturated carbocycles. The van der Waals surface area contributed by atoms with Crippen LogP contribution < -0.4 is 0 Å². The molecule has 26 heavy (non-hydrogen) atoms. The molecule has 2 aliphatic heterocycles. The van der Waals surface area contributed by atoms with Crippen LogP contribution in [0.4, 0.5) is 0 Å². The maximum absolute atomic E-state index is 10.5. The smallest absolute Gasteiger partial charge is 0.187 e. The molecule has 0 aromatic heterocycles. The van der Waals surface area contributed by atoms with Crippen LogP contribution in [0.25, 0.3) is 0 Å². The van der Waals surface area contributed by atoms with Crippen molar-refractivity contribution in [3.05, 3.63) is 0 Å². The van der Waals surface area contributed by atoms with Gasteiger partial charge in [0.15, 0.2) is 12.6 Å². The van der Waals surface area contributed by atoms with Gasteiger partial charge in [-0.25, -0.2) is 0 Å². The van der Waals surface area contributed by atoms with Crippen molar-refractivity contribution in [3.63, 3.8) is 0 Å². The molecule has 2 saturated heterocycles. The summed E-state index contributed by atoms with van der Waals surface area (Å²) >= 11 is 0. The van der Waals surface area contributed by atoms with Gasteiger partial charge < -0.3 is 48.5 Å². The van der Waals surface area contributed by atoms with E-state index in [4.69, 9.17) is 33.2 Å². The van der Waals surface area contributed by atoms with E-state index in [1.165, 1.54) is 28.4 Å². The molecule has 0 radical (unpaired) electrons. The summed E-state index contributed by atoms with van der Waals surface area (Å²) in [6.07, 6.45) is -9.00. The molecule has 0 aromatic rings. The molecule has 2 fully saturated rings. The Kier molecular flexibility index (Phi) is 8.16. The van der Waals surface area contributed by atoms with Gasteiger partial charge in [0.1, 0.15) is 42.7 Å². The first-order chi connectivity index (χ1) is 12.4. The van der Waals surface area contributed by atoms with E-state index in [0.29, 0.717) is 0 Å². The van der Waals surface area contributed by atoms with E-state index in [1.807, 2.05) is 0 Å². The van der Waals surface area contributed by atoms with Crippen LogP contribution in [-0.4, -0.2) is 112 Å². The second-order valence-electron chi connectivity index (χ2n) is 6.41. The molecule has 0 amide bonds. The Morgan fingerprint density at radius 2 is 1.38 bits per heavy atom. The van der Waals surface area contributed by atoms with E-state index in [-0.39, 0.29) is 6.61 Å². The first kappa shape index (κ1) is 21.9. The number of ether oxygens (including phenoxy) is 7. The Balaban J connectivity index is 2.17. The second kappa shape index (κ2) is 9.69. The van der Waals surface area contributed by atoms with Gasteiger partial charge in [0, 0.05) is 28.4 Å². The Morgan fingerprint density at radius 3 is 1.92 bits per heavy atom. The summed E-state index contributed by atoms with van der Waals surface area (Å²) in [5.41, 5.74) is 0. The van der Waals surface area contributed by atoms with Crippen LogP contribution in [0.1, 0.15) is 6.92 Å². The van der Waals surface area contributed by atoms with Crippen LogP contribution in [0.3, 0.4) is 0 Å². The highest BCUT2D eigenvalue weighted by molar-refractivity contribution is 4.94. The highest BCUT2D eigenvalue weighted by atomic mass is 16.7. The molecule has 0 unspecified atom stereocenters. The molecule has 2 heterocycles. The van der Waals surface area contributed by atoms with E-state index >= 15 is 0 Å². The molecule has 0 bridgehead atoms. The van der Waals surface area contributed by atoms with Gasteiger partial charge in [-0.15, -0.1) is 0 Å². The highest BCUT2D eigenvalue weighted by Crippen LogP contribution is 2.31. The minimum atomic E-state index is -1.25. The molecule has 154 valence electrons. The predicted octanol–water partition coefficient (Wildman–Crippen LogP) is -1.75. The van der Waals surface area contributed by atoms with Crippen LogP contribution in [0.15, 0.2) is 0 Å². The summed E-state index contributed by atoms with van der Waals surface area (Å²) in [5, 5.41) is 30.8. The molecule has 0 spiro atoms. The second-order valence-corrected chi connectivity index (χ2v) is 6.41. The van der Waals surface area contributed by atoms with Crippen LogP contribution in [-0.2, 0) is 33.2 Å². The van der Waals surface area contributed by atoms with Gasteiger partial charge >= 0.3 is 0 Å². The molecule has 0 aliphatic carbocycles. The normalized spacial score (nSPS) is 47.1. The number of aliphatic hydroxyl groups excluding tert-OH is 3. The van der Waals surface area contributed by atoms with E-state index < -0.39 is 61.4 Å². The third-order valence-corrected chi connectivity index (χ3v) is 4.83. The van der Waals surface area contributed by atoms with Crippen molar-refractivity contribution in [2.75, 3.05) is 35.0 Å². The highest BCUT2D eigenvalue weighted by Gasteiger charge is 2.50. The zero-order valence-electron chi connectivity index (χ0n) is 15.7. The van der Waals surface area contributed by atoms with Gasteiger partial charge in [-0.05, 0) is 6.92 Å². The van der Waals surface area contributed by atoms with Crippen LogP contribution in [0.5, 0.6) is 0 Å². The lowest BCUT2D eigenvalue weighted by Gasteiger charge is -2.47. The summed E-state index contributed by atoms with van der Waals surface area (Å²) in [4.78, 5) is 0. The summed E-state index contributed by atoms with van der Waals surface area (Å²) < 4.78 is 38.0. The maximum Gasteiger partial charge on any atom is 0.187 e. The van der Waals surface area contributed by atoms with E-state index in [9.17, 15) is 15.3 Å². The fourth-order valence-corrected chi connectivity index (χ4v) is 3.45. The standard InChI is InChI=1S/C16H30O10/c1-7-11(13(22-4)14(23-5)15(19)24-7)26-16-10(18)12(21-3)9(17)8(25-16)6-20-2/h7-19H,6H2,1-5H3/t7-,8-,9-,10-,11-,12+,13+,14+,15+,16+/m1/s1. The van der Waals surface area contributed by atoms with Crippen LogP contribution >= 0.6 is 0 Å². The Labute approximate surface area is 152 Å². The van der Waals surface area contributed by atoms with Crippen molar-refractivity contribution in [1.82, 2.24) is 0 Å². The molecule has 3 N–H and O–H groups in total.